The van der Waals surface area contributed by atoms with Gasteiger partial charge in [-0.3, -0.25) is 0 Å². The van der Waals surface area contributed by atoms with Crippen molar-refractivity contribution in [2.75, 3.05) is 0 Å². The van der Waals surface area contributed by atoms with Gasteiger partial charge in [0.25, 0.3) is 0 Å². The number of aromatic amines is 1. The van der Waals surface area contributed by atoms with E-state index in [-0.39, 0.29) is 0 Å². The molecule has 2 aromatic rings. The fraction of sp³-hybridized carbons (Fsp3) is 0. The fourth-order valence-corrected chi connectivity index (χ4v) is 0.996. The zero-order chi connectivity index (χ0) is 7.68. The Balaban J connectivity index is 2.45. The molecule has 0 unspecified atom stereocenters. The molecule has 56 valence electrons. The number of hydrogen-bond acceptors (Lipinski definition) is 2. The quantitative estimate of drug-likeness (QED) is 0.710. The molecule has 2 heterocycles. The van der Waals surface area contributed by atoms with Crippen LogP contribution in [0.3, 0.4) is 0 Å². The number of furan rings is 1. The van der Waals surface area contributed by atoms with Gasteiger partial charge < -0.3 is 9.40 Å². The SMILES string of the molecule is Clc1ccc(-c2cnc[nH]2)o1. The Hall–Kier alpha value is -1.22. The number of imidazole rings is 1. The van der Waals surface area contributed by atoms with Gasteiger partial charge in [-0.1, -0.05) is 0 Å². The van der Waals surface area contributed by atoms with E-state index in [1.807, 2.05) is 0 Å². The van der Waals surface area contributed by atoms with Gasteiger partial charge in [-0.05, 0) is 23.7 Å². The van der Waals surface area contributed by atoms with Crippen LogP contribution in [0.15, 0.2) is 29.1 Å². The third kappa shape index (κ3) is 1.14. The monoisotopic (exact) mass is 168 g/mol. The van der Waals surface area contributed by atoms with E-state index >= 15 is 0 Å². The zero-order valence-corrected chi connectivity index (χ0v) is 6.30. The second-order valence-electron chi connectivity index (χ2n) is 2.07. The van der Waals surface area contributed by atoms with Gasteiger partial charge in [0.1, 0.15) is 5.69 Å². The van der Waals surface area contributed by atoms with Crippen LogP contribution in [-0.2, 0) is 0 Å². The minimum Gasteiger partial charge on any atom is -0.443 e. The lowest BCUT2D eigenvalue weighted by Gasteiger charge is -1.86. The largest absolute Gasteiger partial charge is 0.443 e. The molecular weight excluding hydrogens is 164 g/mol. The first-order valence-corrected chi connectivity index (χ1v) is 3.48. The first-order chi connectivity index (χ1) is 5.36. The van der Waals surface area contributed by atoms with Gasteiger partial charge >= 0.3 is 0 Å². The summed E-state index contributed by atoms with van der Waals surface area (Å²) in [6, 6.07) is 3.48. The molecule has 0 saturated heterocycles. The number of hydrogen-bond donors (Lipinski definition) is 1. The highest BCUT2D eigenvalue weighted by Crippen LogP contribution is 2.21. The van der Waals surface area contributed by atoms with Crippen molar-refractivity contribution >= 4 is 11.6 Å². The lowest BCUT2D eigenvalue weighted by atomic mass is 10.4. The maximum absolute atomic E-state index is 5.58. The molecule has 0 atom stereocenters. The van der Waals surface area contributed by atoms with E-state index in [0.29, 0.717) is 11.0 Å². The average Bonchev–Trinajstić information content (AvgIpc) is 2.55. The van der Waals surface area contributed by atoms with E-state index in [9.17, 15) is 0 Å². The number of H-pyrrole nitrogens is 1. The molecule has 2 rings (SSSR count). The summed E-state index contributed by atoms with van der Waals surface area (Å²) < 4.78 is 5.12. The molecule has 0 aliphatic rings. The van der Waals surface area contributed by atoms with Crippen LogP contribution >= 0.6 is 11.6 Å². The molecule has 0 spiro atoms. The predicted octanol–water partition coefficient (Wildman–Crippen LogP) is 2.32. The van der Waals surface area contributed by atoms with Gasteiger partial charge in [0.15, 0.2) is 11.0 Å². The highest BCUT2D eigenvalue weighted by molar-refractivity contribution is 6.28. The van der Waals surface area contributed by atoms with Gasteiger partial charge in [0, 0.05) is 0 Å². The van der Waals surface area contributed by atoms with E-state index in [1.165, 1.54) is 0 Å². The third-order valence-corrected chi connectivity index (χ3v) is 1.54. The molecule has 1 N–H and O–H groups in total. The van der Waals surface area contributed by atoms with Crippen molar-refractivity contribution in [3.05, 3.63) is 29.9 Å². The topological polar surface area (TPSA) is 41.8 Å². The molecule has 0 aromatic carbocycles. The summed E-state index contributed by atoms with van der Waals surface area (Å²) in [7, 11) is 0. The molecule has 0 aliphatic carbocycles. The summed E-state index contributed by atoms with van der Waals surface area (Å²) in [4.78, 5) is 6.75. The first kappa shape index (κ1) is 6.49. The summed E-state index contributed by atoms with van der Waals surface area (Å²) in [5.41, 5.74) is 0.830. The van der Waals surface area contributed by atoms with E-state index in [2.05, 4.69) is 9.97 Å². The molecule has 0 amide bonds. The van der Waals surface area contributed by atoms with Crippen molar-refractivity contribution in [3.8, 4) is 11.5 Å². The van der Waals surface area contributed by atoms with Crippen molar-refractivity contribution in [2.24, 2.45) is 0 Å². The van der Waals surface area contributed by atoms with Crippen LogP contribution in [0.4, 0.5) is 0 Å². The molecule has 2 aromatic heterocycles. The van der Waals surface area contributed by atoms with Crippen LogP contribution in [0.25, 0.3) is 11.5 Å². The molecule has 4 heteroatoms. The van der Waals surface area contributed by atoms with Gasteiger partial charge in [-0.25, -0.2) is 4.98 Å². The molecule has 0 fully saturated rings. The highest BCUT2D eigenvalue weighted by atomic mass is 35.5. The second-order valence-corrected chi connectivity index (χ2v) is 2.44. The molecule has 0 radical (unpaired) electrons. The Kier molecular flexibility index (Phi) is 1.43. The minimum atomic E-state index is 0.384. The Morgan fingerprint density at radius 3 is 2.91 bits per heavy atom. The molecule has 0 aliphatic heterocycles. The average molecular weight is 169 g/mol. The molecule has 0 saturated carbocycles. The van der Waals surface area contributed by atoms with Crippen LogP contribution in [0.1, 0.15) is 0 Å². The normalized spacial score (nSPS) is 10.3. The zero-order valence-electron chi connectivity index (χ0n) is 5.54. The maximum Gasteiger partial charge on any atom is 0.194 e. The number of halogens is 1. The van der Waals surface area contributed by atoms with Crippen LogP contribution in [0.5, 0.6) is 0 Å². The highest BCUT2D eigenvalue weighted by Gasteiger charge is 2.02. The second kappa shape index (κ2) is 2.43. The summed E-state index contributed by atoms with van der Waals surface area (Å²) in [5.74, 6) is 0.701. The van der Waals surface area contributed by atoms with Gasteiger partial charge in [0.05, 0.1) is 12.5 Å². The third-order valence-electron chi connectivity index (χ3n) is 1.34. The van der Waals surface area contributed by atoms with Crippen molar-refractivity contribution < 1.29 is 4.42 Å². The lowest BCUT2D eigenvalue weighted by Crippen LogP contribution is -1.68. The minimum absolute atomic E-state index is 0.384. The van der Waals surface area contributed by atoms with Crippen molar-refractivity contribution in [2.45, 2.75) is 0 Å². The maximum atomic E-state index is 5.58. The standard InChI is InChI=1S/C7H5ClN2O/c8-7-2-1-6(11-7)5-3-9-4-10-5/h1-4H,(H,9,10). The van der Waals surface area contributed by atoms with Crippen molar-refractivity contribution in [1.82, 2.24) is 9.97 Å². The molecule has 3 nitrogen and oxygen atoms in total. The van der Waals surface area contributed by atoms with E-state index in [4.69, 9.17) is 16.0 Å². The van der Waals surface area contributed by atoms with Crippen molar-refractivity contribution in [3.63, 3.8) is 0 Å². The predicted molar refractivity (Wildman–Crippen MR) is 41.3 cm³/mol. The van der Waals surface area contributed by atoms with Crippen LogP contribution < -0.4 is 0 Å². The van der Waals surface area contributed by atoms with Gasteiger partial charge in [-0.15, -0.1) is 0 Å². The number of nitrogens with zero attached hydrogens (tertiary/aromatic N) is 1. The molecule has 11 heavy (non-hydrogen) atoms. The van der Waals surface area contributed by atoms with Gasteiger partial charge in [-0.2, -0.15) is 0 Å². The van der Waals surface area contributed by atoms with E-state index < -0.39 is 0 Å². The Morgan fingerprint density at radius 2 is 2.36 bits per heavy atom. The number of aromatic nitrogens is 2. The first-order valence-electron chi connectivity index (χ1n) is 3.10. The van der Waals surface area contributed by atoms with E-state index in [1.54, 1.807) is 24.7 Å². The summed E-state index contributed by atoms with van der Waals surface area (Å²) >= 11 is 5.58. The summed E-state index contributed by atoms with van der Waals surface area (Å²) in [6.45, 7) is 0. The summed E-state index contributed by atoms with van der Waals surface area (Å²) in [6.07, 6.45) is 3.26. The van der Waals surface area contributed by atoms with E-state index in [0.717, 1.165) is 5.69 Å². The number of rotatable bonds is 1. The summed E-state index contributed by atoms with van der Waals surface area (Å²) in [5, 5.41) is 0.384. The molecule has 0 bridgehead atoms. The fourth-order valence-electron chi connectivity index (χ4n) is 0.850. The Morgan fingerprint density at radius 1 is 1.45 bits per heavy atom. The van der Waals surface area contributed by atoms with Crippen molar-refractivity contribution in [1.29, 1.82) is 0 Å². The Labute approximate surface area is 68.0 Å². The van der Waals surface area contributed by atoms with Gasteiger partial charge in [0.2, 0.25) is 0 Å². The van der Waals surface area contributed by atoms with Crippen LogP contribution in [0, 0.1) is 0 Å². The molecular formula is C7H5ClN2O. The smallest absolute Gasteiger partial charge is 0.194 e. The lowest BCUT2D eigenvalue weighted by molar-refractivity contribution is 0.582. The van der Waals surface area contributed by atoms with Crippen LogP contribution in [-0.4, -0.2) is 9.97 Å². The number of nitrogens with one attached hydrogen (secondary N) is 1. The van der Waals surface area contributed by atoms with Crippen LogP contribution in [0.2, 0.25) is 5.22 Å². The Bertz CT molecular complexity index is 339.